The van der Waals surface area contributed by atoms with Crippen LogP contribution in [0.2, 0.25) is 0 Å². The van der Waals surface area contributed by atoms with Crippen LogP contribution in [0.15, 0.2) is 54.6 Å². The molecule has 1 atom stereocenters. The minimum atomic E-state index is -0.563. The van der Waals surface area contributed by atoms with E-state index in [0.717, 1.165) is 16.9 Å². The quantitative estimate of drug-likeness (QED) is 0.625. The molecule has 2 aromatic rings. The molecule has 6 heteroatoms. The molecule has 2 amide bonds. The number of nitrogens with zero attached hydrogens (tertiary/aromatic N) is 1. The second-order valence-electron chi connectivity index (χ2n) is 7.21. The fourth-order valence-electron chi connectivity index (χ4n) is 3.00. The van der Waals surface area contributed by atoms with Gasteiger partial charge in [-0.1, -0.05) is 49.4 Å². The Balaban J connectivity index is 2.11. The summed E-state index contributed by atoms with van der Waals surface area (Å²) in [6, 6.07) is 15.4. The zero-order valence-corrected chi connectivity index (χ0v) is 18.0. The summed E-state index contributed by atoms with van der Waals surface area (Å²) in [5.41, 5.74) is 1.95. The highest BCUT2D eigenvalue weighted by Gasteiger charge is 2.28. The van der Waals surface area contributed by atoms with Crippen molar-refractivity contribution in [1.82, 2.24) is 10.2 Å². The van der Waals surface area contributed by atoms with Crippen molar-refractivity contribution in [3.05, 3.63) is 71.5 Å². The maximum absolute atomic E-state index is 13.3. The van der Waals surface area contributed by atoms with E-state index < -0.39 is 6.04 Å². The van der Waals surface area contributed by atoms with Crippen molar-refractivity contribution in [3.63, 3.8) is 0 Å². The molecule has 0 spiro atoms. The number of carbonyl (C=O) groups is 2. The lowest BCUT2D eigenvalue weighted by Crippen LogP contribution is -2.50. The molecular weight excluding hydrogens is 387 g/mol. The molecule has 1 N–H and O–H groups in total. The van der Waals surface area contributed by atoms with E-state index in [-0.39, 0.29) is 36.0 Å². The van der Waals surface area contributed by atoms with Crippen molar-refractivity contribution < 1.29 is 14.0 Å². The Labute approximate surface area is 176 Å². The van der Waals surface area contributed by atoms with Gasteiger partial charge in [-0.2, -0.15) is 0 Å². The van der Waals surface area contributed by atoms with Crippen LogP contribution in [0.25, 0.3) is 0 Å². The summed E-state index contributed by atoms with van der Waals surface area (Å²) in [6.07, 6.45) is 0.509. The Kier molecular flexibility index (Phi) is 9.19. The van der Waals surface area contributed by atoms with Crippen molar-refractivity contribution >= 4 is 23.6 Å². The minimum Gasteiger partial charge on any atom is -0.352 e. The van der Waals surface area contributed by atoms with Gasteiger partial charge in [0.15, 0.2) is 0 Å². The van der Waals surface area contributed by atoms with Crippen molar-refractivity contribution in [2.75, 3.05) is 5.75 Å². The first kappa shape index (κ1) is 22.9. The lowest BCUT2D eigenvalue weighted by molar-refractivity contribution is -0.139. The number of benzene rings is 2. The van der Waals surface area contributed by atoms with Gasteiger partial charge >= 0.3 is 0 Å². The number of hydrogen-bond acceptors (Lipinski definition) is 3. The second-order valence-corrected chi connectivity index (χ2v) is 8.20. The molecule has 156 valence electrons. The van der Waals surface area contributed by atoms with E-state index in [9.17, 15) is 14.0 Å². The largest absolute Gasteiger partial charge is 0.352 e. The molecule has 0 bridgehead atoms. The van der Waals surface area contributed by atoms with Gasteiger partial charge in [0.2, 0.25) is 11.8 Å². The fraction of sp³-hybridized carbons (Fsp3) is 0.391. The Morgan fingerprint density at radius 2 is 1.69 bits per heavy atom. The average Bonchev–Trinajstić information content (AvgIpc) is 2.69. The summed E-state index contributed by atoms with van der Waals surface area (Å²) in [4.78, 5) is 27.4. The summed E-state index contributed by atoms with van der Waals surface area (Å²) in [5, 5.41) is 2.91. The smallest absolute Gasteiger partial charge is 0.243 e. The number of nitrogens with one attached hydrogen (secondary N) is 1. The second kappa shape index (κ2) is 11.6. The Hall–Kier alpha value is -2.34. The Morgan fingerprint density at radius 1 is 1.03 bits per heavy atom. The monoisotopic (exact) mass is 416 g/mol. The molecule has 2 aromatic carbocycles. The summed E-state index contributed by atoms with van der Waals surface area (Å²) >= 11 is 1.53. The fourth-order valence-corrected chi connectivity index (χ4v) is 3.87. The lowest BCUT2D eigenvalue weighted by Gasteiger charge is -2.31. The number of rotatable bonds is 10. The molecule has 0 saturated carbocycles. The topological polar surface area (TPSA) is 49.4 Å². The molecule has 0 unspecified atom stereocenters. The molecule has 2 rings (SSSR count). The minimum absolute atomic E-state index is 0.00761. The van der Waals surface area contributed by atoms with E-state index in [1.165, 1.54) is 23.9 Å². The molecular formula is C23H29FN2O2S. The number of thioether (sulfide) groups is 1. The van der Waals surface area contributed by atoms with Gasteiger partial charge in [0.25, 0.3) is 0 Å². The number of hydrogen-bond donors (Lipinski definition) is 1. The van der Waals surface area contributed by atoms with Crippen LogP contribution in [-0.4, -0.2) is 34.6 Å². The highest BCUT2D eigenvalue weighted by Crippen LogP contribution is 2.17. The average molecular weight is 417 g/mol. The Morgan fingerprint density at radius 3 is 2.28 bits per heavy atom. The Bertz CT molecular complexity index is 781. The SMILES string of the molecule is CC[C@H](C(=O)NC(C)C)N(Cc1ccc(F)cc1)C(=O)CSCc1ccccc1. The van der Waals surface area contributed by atoms with Gasteiger partial charge in [-0.25, -0.2) is 4.39 Å². The van der Waals surface area contributed by atoms with Crippen LogP contribution in [-0.2, 0) is 21.9 Å². The van der Waals surface area contributed by atoms with Crippen molar-refractivity contribution in [2.24, 2.45) is 0 Å². The van der Waals surface area contributed by atoms with Crippen molar-refractivity contribution in [2.45, 2.75) is 51.6 Å². The van der Waals surface area contributed by atoms with Gasteiger partial charge in [0.05, 0.1) is 5.75 Å². The van der Waals surface area contributed by atoms with E-state index >= 15 is 0 Å². The number of halogens is 1. The molecule has 0 fully saturated rings. The van der Waals surface area contributed by atoms with E-state index in [2.05, 4.69) is 5.32 Å². The van der Waals surface area contributed by atoms with Crippen LogP contribution in [0.3, 0.4) is 0 Å². The maximum atomic E-state index is 13.3. The van der Waals surface area contributed by atoms with Gasteiger partial charge in [-0.15, -0.1) is 11.8 Å². The summed E-state index contributed by atoms with van der Waals surface area (Å²) in [6.45, 7) is 5.96. The molecule has 0 aliphatic carbocycles. The molecule has 0 radical (unpaired) electrons. The highest BCUT2D eigenvalue weighted by atomic mass is 32.2. The summed E-state index contributed by atoms with van der Waals surface area (Å²) in [7, 11) is 0. The first-order chi connectivity index (χ1) is 13.9. The normalized spacial score (nSPS) is 11.9. The standard InChI is InChI=1S/C23H29FN2O2S/c1-4-21(23(28)25-17(2)3)26(14-18-10-12-20(24)13-11-18)22(27)16-29-15-19-8-6-5-7-9-19/h5-13,17,21H,4,14-16H2,1-3H3,(H,25,28)/t21-/m1/s1. The first-order valence-electron chi connectivity index (χ1n) is 9.86. The highest BCUT2D eigenvalue weighted by molar-refractivity contribution is 7.99. The molecule has 0 aliphatic heterocycles. The predicted molar refractivity (Wildman–Crippen MR) is 117 cm³/mol. The lowest BCUT2D eigenvalue weighted by atomic mass is 10.1. The van der Waals surface area contributed by atoms with Gasteiger partial charge < -0.3 is 10.2 Å². The maximum Gasteiger partial charge on any atom is 0.243 e. The molecule has 0 aromatic heterocycles. The predicted octanol–water partition coefficient (Wildman–Crippen LogP) is 4.39. The summed E-state index contributed by atoms with van der Waals surface area (Å²) < 4.78 is 13.3. The van der Waals surface area contributed by atoms with E-state index in [0.29, 0.717) is 6.42 Å². The zero-order valence-electron chi connectivity index (χ0n) is 17.2. The first-order valence-corrected chi connectivity index (χ1v) is 11.0. The molecule has 4 nitrogen and oxygen atoms in total. The van der Waals surface area contributed by atoms with E-state index in [1.54, 1.807) is 17.0 Å². The van der Waals surface area contributed by atoms with E-state index in [1.807, 2.05) is 51.1 Å². The zero-order chi connectivity index (χ0) is 21.2. The van der Waals surface area contributed by atoms with Crippen LogP contribution in [0.4, 0.5) is 4.39 Å². The molecule has 29 heavy (non-hydrogen) atoms. The molecule has 0 aliphatic rings. The molecule has 0 heterocycles. The van der Waals surface area contributed by atoms with Gasteiger partial charge in [0.1, 0.15) is 11.9 Å². The van der Waals surface area contributed by atoms with Gasteiger partial charge in [0, 0.05) is 18.3 Å². The van der Waals surface area contributed by atoms with Crippen LogP contribution in [0.5, 0.6) is 0 Å². The van der Waals surface area contributed by atoms with Crippen LogP contribution in [0.1, 0.15) is 38.3 Å². The third kappa shape index (κ3) is 7.54. The van der Waals surface area contributed by atoms with Gasteiger partial charge in [-0.05, 0) is 43.5 Å². The molecule has 0 saturated heterocycles. The summed E-state index contributed by atoms with van der Waals surface area (Å²) in [5.74, 6) is 0.426. The van der Waals surface area contributed by atoms with Gasteiger partial charge in [-0.3, -0.25) is 9.59 Å². The van der Waals surface area contributed by atoms with Crippen molar-refractivity contribution in [3.8, 4) is 0 Å². The van der Waals surface area contributed by atoms with Crippen LogP contribution < -0.4 is 5.32 Å². The van der Waals surface area contributed by atoms with Crippen molar-refractivity contribution in [1.29, 1.82) is 0 Å². The van der Waals surface area contributed by atoms with E-state index in [4.69, 9.17) is 0 Å². The number of carbonyl (C=O) groups excluding carboxylic acids is 2. The number of amides is 2. The van der Waals surface area contributed by atoms with Crippen LogP contribution in [0, 0.1) is 5.82 Å². The van der Waals surface area contributed by atoms with Crippen LogP contribution >= 0.6 is 11.8 Å². The third-order valence-corrected chi connectivity index (χ3v) is 5.41. The third-order valence-electron chi connectivity index (χ3n) is 4.42.